The number of rotatable bonds is 6. The minimum absolute atomic E-state index is 0.116. The number of hydrogen-bond donors (Lipinski definition) is 1. The Morgan fingerprint density at radius 2 is 1.88 bits per heavy atom. The Balaban J connectivity index is 1.77. The summed E-state index contributed by atoms with van der Waals surface area (Å²) in [7, 11) is 0. The number of esters is 1. The summed E-state index contributed by atoms with van der Waals surface area (Å²) in [5.74, 6) is -0.0591. The van der Waals surface area contributed by atoms with Crippen molar-refractivity contribution in [3.05, 3.63) is 48.7 Å². The lowest BCUT2D eigenvalue weighted by Crippen LogP contribution is -2.31. The quantitative estimate of drug-likeness (QED) is 0.651. The zero-order chi connectivity index (χ0) is 17.4. The van der Waals surface area contributed by atoms with Crippen LogP contribution >= 0.6 is 0 Å². The summed E-state index contributed by atoms with van der Waals surface area (Å²) < 4.78 is 10.1. The first-order valence-electron chi connectivity index (χ1n) is 7.70. The first-order valence-corrected chi connectivity index (χ1v) is 7.70. The Morgan fingerprint density at radius 3 is 2.50 bits per heavy atom. The van der Waals surface area contributed by atoms with Crippen LogP contribution in [0.25, 0.3) is 11.3 Å². The van der Waals surface area contributed by atoms with E-state index in [9.17, 15) is 9.59 Å². The Bertz CT molecular complexity index is 669. The number of ether oxygens (including phenoxy) is 2. The Labute approximate surface area is 140 Å². The van der Waals surface area contributed by atoms with Gasteiger partial charge in [0.15, 0.2) is 0 Å². The van der Waals surface area contributed by atoms with Crippen molar-refractivity contribution in [2.24, 2.45) is 5.92 Å². The lowest BCUT2D eigenvalue weighted by atomic mass is 10.1. The van der Waals surface area contributed by atoms with Gasteiger partial charge in [0.1, 0.15) is 12.4 Å². The number of carbonyl (C=O) groups is 2. The lowest BCUT2D eigenvalue weighted by molar-refractivity contribution is -0.147. The van der Waals surface area contributed by atoms with Crippen molar-refractivity contribution < 1.29 is 19.1 Å². The summed E-state index contributed by atoms with van der Waals surface area (Å²) in [6.07, 6.45) is 1.13. The molecule has 0 unspecified atom stereocenters. The monoisotopic (exact) mass is 328 g/mol. The molecule has 0 saturated carbocycles. The highest BCUT2D eigenvalue weighted by Crippen LogP contribution is 2.20. The number of amides is 1. The zero-order valence-electron chi connectivity index (χ0n) is 13.7. The molecule has 0 spiro atoms. The maximum atomic E-state index is 11.7. The molecule has 1 aromatic carbocycles. The van der Waals surface area contributed by atoms with Crippen LogP contribution in [0.15, 0.2) is 48.7 Å². The number of benzene rings is 1. The highest BCUT2D eigenvalue weighted by molar-refractivity contribution is 5.72. The van der Waals surface area contributed by atoms with Gasteiger partial charge in [-0.3, -0.25) is 9.78 Å². The number of nitrogens with one attached hydrogen (secondary N) is 1. The van der Waals surface area contributed by atoms with Crippen molar-refractivity contribution in [2.75, 3.05) is 13.2 Å². The van der Waals surface area contributed by atoms with Crippen molar-refractivity contribution in [3.8, 4) is 17.0 Å². The van der Waals surface area contributed by atoms with Crippen LogP contribution in [0, 0.1) is 5.92 Å². The number of carbonyl (C=O) groups excluding carboxylic acids is 2. The Morgan fingerprint density at radius 1 is 1.12 bits per heavy atom. The molecule has 1 amide bonds. The number of nitrogens with zero attached hydrogens (tertiary/aromatic N) is 1. The molecule has 0 aliphatic carbocycles. The molecule has 0 atom stereocenters. The second kappa shape index (κ2) is 8.67. The second-order valence-corrected chi connectivity index (χ2v) is 5.38. The van der Waals surface area contributed by atoms with Gasteiger partial charge in [-0.1, -0.05) is 19.9 Å². The predicted molar refractivity (Wildman–Crippen MR) is 89.5 cm³/mol. The van der Waals surface area contributed by atoms with E-state index < -0.39 is 6.09 Å². The van der Waals surface area contributed by atoms with Crippen LogP contribution in [-0.2, 0) is 9.53 Å². The predicted octanol–water partition coefficient (Wildman–Crippen LogP) is 3.04. The van der Waals surface area contributed by atoms with E-state index in [0.717, 1.165) is 11.3 Å². The molecule has 1 heterocycles. The molecule has 24 heavy (non-hydrogen) atoms. The van der Waals surface area contributed by atoms with Gasteiger partial charge in [-0.25, -0.2) is 4.79 Å². The molecule has 126 valence electrons. The number of hydrogen-bond acceptors (Lipinski definition) is 5. The summed E-state index contributed by atoms with van der Waals surface area (Å²) >= 11 is 0. The smallest absolute Gasteiger partial charge is 0.412 e. The van der Waals surface area contributed by atoms with E-state index in [2.05, 4.69) is 10.3 Å². The van der Waals surface area contributed by atoms with Gasteiger partial charge in [0.25, 0.3) is 0 Å². The van der Waals surface area contributed by atoms with Gasteiger partial charge in [-0.2, -0.15) is 0 Å². The van der Waals surface area contributed by atoms with Crippen LogP contribution in [0.2, 0.25) is 0 Å². The van der Waals surface area contributed by atoms with Crippen LogP contribution in [0.3, 0.4) is 0 Å². The average molecular weight is 328 g/mol. The van der Waals surface area contributed by atoms with Gasteiger partial charge in [0.2, 0.25) is 0 Å². The van der Waals surface area contributed by atoms with Crippen molar-refractivity contribution >= 4 is 12.1 Å². The van der Waals surface area contributed by atoms with Gasteiger partial charge >= 0.3 is 12.1 Å². The third-order valence-electron chi connectivity index (χ3n) is 3.11. The van der Waals surface area contributed by atoms with Crippen molar-refractivity contribution in [2.45, 2.75) is 13.8 Å². The number of aromatic nitrogens is 1. The molecule has 0 aliphatic heterocycles. The summed E-state index contributed by atoms with van der Waals surface area (Å²) in [5, 5.41) is 2.52. The highest BCUT2D eigenvalue weighted by atomic mass is 16.6. The van der Waals surface area contributed by atoms with Gasteiger partial charge < -0.3 is 14.8 Å². The van der Waals surface area contributed by atoms with Crippen LogP contribution in [0.4, 0.5) is 4.79 Å². The molecular weight excluding hydrogens is 308 g/mol. The summed E-state index contributed by atoms with van der Waals surface area (Å²) in [5.41, 5.74) is 1.78. The molecule has 0 saturated heterocycles. The molecular formula is C18H20N2O4. The molecule has 2 rings (SSSR count). The van der Waals surface area contributed by atoms with Crippen molar-refractivity contribution in [1.29, 1.82) is 0 Å². The summed E-state index contributed by atoms with van der Waals surface area (Å²) in [6.45, 7) is 3.81. The van der Waals surface area contributed by atoms with E-state index in [0.29, 0.717) is 5.75 Å². The molecule has 1 N–H and O–H groups in total. The fourth-order valence-corrected chi connectivity index (χ4v) is 1.84. The Kier molecular flexibility index (Phi) is 6.31. The molecule has 0 radical (unpaired) electrons. The second-order valence-electron chi connectivity index (χ2n) is 5.38. The fraction of sp³-hybridized carbons (Fsp3) is 0.278. The van der Waals surface area contributed by atoms with E-state index in [1.165, 1.54) is 0 Å². The van der Waals surface area contributed by atoms with Gasteiger partial charge in [-0.15, -0.1) is 0 Å². The molecule has 6 nitrogen and oxygen atoms in total. The fourth-order valence-electron chi connectivity index (χ4n) is 1.84. The third kappa shape index (κ3) is 5.39. The number of pyridine rings is 1. The van der Waals surface area contributed by atoms with Crippen LogP contribution in [0.5, 0.6) is 5.75 Å². The van der Waals surface area contributed by atoms with Gasteiger partial charge in [0.05, 0.1) is 18.2 Å². The topological polar surface area (TPSA) is 77.5 Å². The van der Waals surface area contributed by atoms with E-state index in [-0.39, 0.29) is 25.0 Å². The van der Waals surface area contributed by atoms with E-state index >= 15 is 0 Å². The maximum absolute atomic E-state index is 11.7. The highest BCUT2D eigenvalue weighted by Gasteiger charge is 2.09. The zero-order valence-corrected chi connectivity index (χ0v) is 13.7. The maximum Gasteiger partial charge on any atom is 0.412 e. The van der Waals surface area contributed by atoms with Crippen LogP contribution < -0.4 is 10.1 Å². The van der Waals surface area contributed by atoms with Gasteiger partial charge in [-0.05, 0) is 36.4 Å². The van der Waals surface area contributed by atoms with Crippen molar-refractivity contribution in [1.82, 2.24) is 10.3 Å². The third-order valence-corrected chi connectivity index (χ3v) is 3.11. The van der Waals surface area contributed by atoms with E-state index in [1.807, 2.05) is 30.3 Å². The first kappa shape index (κ1) is 17.5. The molecule has 0 fully saturated rings. The Hall–Kier alpha value is -2.89. The molecule has 6 heteroatoms. The van der Waals surface area contributed by atoms with Crippen LogP contribution in [-0.4, -0.2) is 30.2 Å². The normalized spacial score (nSPS) is 10.3. The van der Waals surface area contributed by atoms with E-state index in [1.54, 1.807) is 32.2 Å². The molecule has 0 bridgehead atoms. The van der Waals surface area contributed by atoms with Gasteiger partial charge in [0, 0.05) is 11.8 Å². The minimum Gasteiger partial charge on any atom is -0.464 e. The van der Waals surface area contributed by atoms with Crippen LogP contribution in [0.1, 0.15) is 13.8 Å². The summed E-state index contributed by atoms with van der Waals surface area (Å²) in [6, 6.07) is 12.7. The molecule has 2 aromatic rings. The largest absolute Gasteiger partial charge is 0.464 e. The molecule has 0 aliphatic rings. The lowest BCUT2D eigenvalue weighted by Gasteiger charge is -2.09. The SMILES string of the molecule is CC(C)C(=O)OCCNC(=O)Oc1ccc(-c2ccccn2)cc1. The molecule has 1 aromatic heterocycles. The standard InChI is InChI=1S/C18H20N2O4/c1-13(2)17(21)23-12-11-20-18(22)24-15-8-6-14(7-9-15)16-5-3-4-10-19-16/h3-10,13H,11-12H2,1-2H3,(H,20,22). The first-order chi connectivity index (χ1) is 11.6. The summed E-state index contributed by atoms with van der Waals surface area (Å²) in [4.78, 5) is 27.2. The van der Waals surface area contributed by atoms with E-state index in [4.69, 9.17) is 9.47 Å². The van der Waals surface area contributed by atoms with Crippen molar-refractivity contribution in [3.63, 3.8) is 0 Å². The average Bonchev–Trinajstić information content (AvgIpc) is 2.60. The minimum atomic E-state index is -0.596.